The van der Waals surface area contributed by atoms with Crippen LogP contribution < -0.4 is 4.72 Å². The number of hydrogen-bond acceptors (Lipinski definition) is 6. The number of sulfonamides is 1. The van der Waals surface area contributed by atoms with E-state index in [4.69, 9.17) is 16.3 Å². The molecule has 0 saturated carbocycles. The van der Waals surface area contributed by atoms with Crippen LogP contribution in [0.4, 0.5) is 0 Å². The second-order valence-corrected chi connectivity index (χ2v) is 10.2. The minimum Gasteiger partial charge on any atom is -0.377 e. The van der Waals surface area contributed by atoms with Gasteiger partial charge in [0.15, 0.2) is 0 Å². The number of hydrogen-bond donors (Lipinski definition) is 1. The fraction of sp³-hybridized carbons (Fsp3) is 0.455. The molecule has 0 aliphatic carbocycles. The van der Waals surface area contributed by atoms with E-state index >= 15 is 0 Å². The van der Waals surface area contributed by atoms with E-state index in [2.05, 4.69) is 14.6 Å². The monoisotopic (exact) mass is 478 g/mol. The number of halogens is 1. The molecule has 10 heteroatoms. The normalized spacial score (nSPS) is 19.9. The van der Waals surface area contributed by atoms with Crippen LogP contribution in [0.3, 0.4) is 0 Å². The van der Waals surface area contributed by atoms with Gasteiger partial charge in [0.2, 0.25) is 10.0 Å². The molecule has 32 heavy (non-hydrogen) atoms. The lowest BCUT2D eigenvalue weighted by atomic mass is 10.1. The minimum atomic E-state index is -3.90. The zero-order valence-corrected chi connectivity index (χ0v) is 19.3. The van der Waals surface area contributed by atoms with Gasteiger partial charge in [-0.2, -0.15) is 0 Å². The molecule has 3 heterocycles. The molecule has 1 atom stereocenters. The number of rotatable bonds is 7. The van der Waals surface area contributed by atoms with E-state index in [-0.39, 0.29) is 22.4 Å². The van der Waals surface area contributed by atoms with Crippen LogP contribution >= 0.6 is 11.6 Å². The first-order valence-corrected chi connectivity index (χ1v) is 12.6. The van der Waals surface area contributed by atoms with Crippen molar-refractivity contribution in [2.24, 2.45) is 0 Å². The highest BCUT2D eigenvalue weighted by atomic mass is 35.5. The molecule has 0 spiro atoms. The Kier molecular flexibility index (Phi) is 7.42. The molecule has 4 rings (SSSR count). The van der Waals surface area contributed by atoms with E-state index in [1.54, 1.807) is 35.5 Å². The lowest BCUT2D eigenvalue weighted by Gasteiger charge is -2.35. The number of pyridine rings is 1. The van der Waals surface area contributed by atoms with Gasteiger partial charge in [-0.3, -0.25) is 14.7 Å². The Morgan fingerprint density at radius 1 is 1.22 bits per heavy atom. The van der Waals surface area contributed by atoms with Gasteiger partial charge in [0.05, 0.1) is 11.1 Å². The predicted octanol–water partition coefficient (Wildman–Crippen LogP) is 2.15. The summed E-state index contributed by atoms with van der Waals surface area (Å²) in [5.74, 6) is -0.192. The fourth-order valence-electron chi connectivity index (χ4n) is 3.99. The summed E-state index contributed by atoms with van der Waals surface area (Å²) in [5, 5.41) is 0.0709. The average molecular weight is 479 g/mol. The molecule has 1 amide bonds. The maximum absolute atomic E-state index is 13.0. The Balaban J connectivity index is 1.40. The summed E-state index contributed by atoms with van der Waals surface area (Å²) in [5.41, 5.74) is 1.03. The molecular weight excluding hydrogens is 452 g/mol. The first-order valence-electron chi connectivity index (χ1n) is 10.7. The van der Waals surface area contributed by atoms with E-state index in [1.807, 2.05) is 0 Å². The molecule has 172 valence electrons. The zero-order valence-electron chi connectivity index (χ0n) is 17.7. The Hall–Kier alpha value is -2.04. The quantitative estimate of drug-likeness (QED) is 0.655. The van der Waals surface area contributed by atoms with Gasteiger partial charge in [-0.05, 0) is 42.7 Å². The molecular formula is C22H27ClN4O4S. The van der Waals surface area contributed by atoms with E-state index in [1.165, 1.54) is 12.1 Å². The van der Waals surface area contributed by atoms with Crippen LogP contribution in [0.2, 0.25) is 5.02 Å². The summed E-state index contributed by atoms with van der Waals surface area (Å²) in [4.78, 5) is 21.0. The van der Waals surface area contributed by atoms with Crippen molar-refractivity contribution in [3.05, 3.63) is 58.9 Å². The maximum atomic E-state index is 13.0. The Bertz CT molecular complexity index is 1040. The van der Waals surface area contributed by atoms with Crippen molar-refractivity contribution in [2.75, 3.05) is 39.3 Å². The van der Waals surface area contributed by atoms with Crippen LogP contribution in [0.15, 0.2) is 47.6 Å². The molecule has 1 N–H and O–H groups in total. The third-order valence-electron chi connectivity index (χ3n) is 5.80. The number of amides is 1. The Morgan fingerprint density at radius 2 is 2.03 bits per heavy atom. The number of nitrogens with zero attached hydrogens (tertiary/aromatic N) is 3. The van der Waals surface area contributed by atoms with Gasteiger partial charge in [-0.1, -0.05) is 17.7 Å². The van der Waals surface area contributed by atoms with Crippen LogP contribution in [-0.2, 0) is 21.3 Å². The molecule has 2 aliphatic heterocycles. The van der Waals surface area contributed by atoms with Gasteiger partial charge in [-0.25, -0.2) is 13.1 Å². The van der Waals surface area contributed by atoms with Crippen molar-refractivity contribution in [2.45, 2.75) is 30.4 Å². The zero-order chi connectivity index (χ0) is 22.6. The van der Waals surface area contributed by atoms with Crippen molar-refractivity contribution in [1.82, 2.24) is 19.5 Å². The molecule has 1 aromatic carbocycles. The van der Waals surface area contributed by atoms with Crippen LogP contribution in [0.5, 0.6) is 0 Å². The summed E-state index contributed by atoms with van der Waals surface area (Å²) >= 11 is 6.18. The van der Waals surface area contributed by atoms with Crippen molar-refractivity contribution in [3.8, 4) is 0 Å². The summed E-state index contributed by atoms with van der Waals surface area (Å²) in [6, 6.07) is 7.89. The van der Waals surface area contributed by atoms with E-state index in [9.17, 15) is 13.2 Å². The fourth-order valence-corrected chi connectivity index (χ4v) is 5.53. The third-order valence-corrected chi connectivity index (χ3v) is 7.68. The molecule has 0 bridgehead atoms. The number of piperazine rings is 1. The van der Waals surface area contributed by atoms with E-state index < -0.39 is 10.0 Å². The van der Waals surface area contributed by atoms with Crippen LogP contribution in [0.1, 0.15) is 28.8 Å². The van der Waals surface area contributed by atoms with Crippen molar-refractivity contribution >= 4 is 27.5 Å². The highest BCUT2D eigenvalue weighted by molar-refractivity contribution is 7.89. The van der Waals surface area contributed by atoms with Crippen LogP contribution in [-0.4, -0.2) is 74.5 Å². The lowest BCUT2D eigenvalue weighted by Crippen LogP contribution is -2.50. The predicted molar refractivity (Wildman–Crippen MR) is 121 cm³/mol. The minimum absolute atomic E-state index is 0.0709. The number of carbonyl (C=O) groups excluding carboxylic acids is 1. The topological polar surface area (TPSA) is 91.8 Å². The molecule has 1 aromatic heterocycles. The second-order valence-electron chi connectivity index (χ2n) is 8.06. The lowest BCUT2D eigenvalue weighted by molar-refractivity contribution is 0.0432. The Morgan fingerprint density at radius 3 is 2.72 bits per heavy atom. The van der Waals surface area contributed by atoms with E-state index in [0.29, 0.717) is 24.8 Å². The number of carbonyl (C=O) groups is 1. The van der Waals surface area contributed by atoms with Crippen molar-refractivity contribution in [1.29, 1.82) is 0 Å². The molecule has 8 nitrogen and oxygen atoms in total. The van der Waals surface area contributed by atoms with Gasteiger partial charge in [-0.15, -0.1) is 0 Å². The van der Waals surface area contributed by atoms with Crippen LogP contribution in [0, 0.1) is 0 Å². The first-order chi connectivity index (χ1) is 15.4. The largest absolute Gasteiger partial charge is 0.377 e. The summed E-state index contributed by atoms with van der Waals surface area (Å²) < 4.78 is 33.9. The van der Waals surface area contributed by atoms with Crippen LogP contribution in [0.25, 0.3) is 0 Å². The van der Waals surface area contributed by atoms with E-state index in [0.717, 1.165) is 44.6 Å². The third kappa shape index (κ3) is 5.65. The number of nitrogens with one attached hydrogen (secondary N) is 1. The Labute approximate surface area is 193 Å². The smallest absolute Gasteiger partial charge is 0.253 e. The molecule has 0 radical (unpaired) electrons. The SMILES string of the molecule is O=C(c1ccc(Cl)c(S(=O)(=O)NCc2cccnc2)c1)N1CCN(C[C@H]2CCCO2)CC1. The highest BCUT2D eigenvalue weighted by Gasteiger charge is 2.27. The first kappa shape index (κ1) is 23.1. The van der Waals surface area contributed by atoms with Gasteiger partial charge >= 0.3 is 0 Å². The van der Waals surface area contributed by atoms with Gasteiger partial charge < -0.3 is 9.64 Å². The molecule has 2 fully saturated rings. The summed E-state index contributed by atoms with van der Waals surface area (Å²) in [6.07, 6.45) is 5.70. The number of ether oxygens (including phenoxy) is 1. The molecule has 0 unspecified atom stereocenters. The summed E-state index contributed by atoms with van der Waals surface area (Å²) in [7, 11) is -3.90. The second kappa shape index (κ2) is 10.3. The maximum Gasteiger partial charge on any atom is 0.253 e. The van der Waals surface area contributed by atoms with Crippen molar-refractivity contribution in [3.63, 3.8) is 0 Å². The summed E-state index contributed by atoms with van der Waals surface area (Å²) in [6.45, 7) is 4.55. The molecule has 2 saturated heterocycles. The number of benzene rings is 1. The number of aromatic nitrogens is 1. The highest BCUT2D eigenvalue weighted by Crippen LogP contribution is 2.24. The molecule has 2 aliphatic rings. The van der Waals surface area contributed by atoms with Crippen molar-refractivity contribution < 1.29 is 17.9 Å². The van der Waals surface area contributed by atoms with Gasteiger partial charge in [0, 0.05) is 63.8 Å². The van der Waals surface area contributed by atoms with Gasteiger partial charge in [0.25, 0.3) is 5.91 Å². The van der Waals surface area contributed by atoms with Gasteiger partial charge in [0.1, 0.15) is 4.90 Å². The average Bonchev–Trinajstić information content (AvgIpc) is 3.32. The standard InChI is InChI=1S/C22H27ClN4O4S/c23-20-6-5-18(13-21(20)32(29,30)25-15-17-3-1-7-24-14-17)22(28)27-10-8-26(9-11-27)16-19-4-2-12-31-19/h1,3,5-7,13-14,19,25H,2,4,8-12,15-16H2/t19-/m1/s1. The molecule has 2 aromatic rings.